The molecule has 1 aliphatic carbocycles. The minimum atomic E-state index is -0.262. The molecule has 1 aliphatic heterocycles. The Morgan fingerprint density at radius 3 is 2.80 bits per heavy atom. The van der Waals surface area contributed by atoms with Gasteiger partial charge in [0.15, 0.2) is 0 Å². The molecular formula is C20H21ClN2O2. The average molecular weight is 357 g/mol. The molecule has 5 heteroatoms. The molecule has 2 aromatic rings. The standard InChI is InChI=1S/C20H21ClN2O2/c21-18-5-1-4-17-16(18)3-2-6-19(17)22-13-14-7-9-15(10-8-14)23-11-12-25-20(23)24/h1,4-5,7-10,19,22H,2-3,6,11-13H2. The number of benzene rings is 2. The number of hydrogen-bond acceptors (Lipinski definition) is 3. The number of halogens is 1. The maximum absolute atomic E-state index is 11.6. The number of nitrogens with zero attached hydrogens (tertiary/aromatic N) is 1. The largest absolute Gasteiger partial charge is 0.447 e. The molecule has 0 aromatic heterocycles. The van der Waals surface area contributed by atoms with Crippen molar-refractivity contribution in [3.8, 4) is 0 Å². The van der Waals surface area contributed by atoms with Gasteiger partial charge in [0, 0.05) is 23.3 Å². The lowest BCUT2D eigenvalue weighted by Crippen LogP contribution is -2.25. The maximum Gasteiger partial charge on any atom is 0.414 e. The van der Waals surface area contributed by atoms with Gasteiger partial charge in [-0.1, -0.05) is 35.9 Å². The highest BCUT2D eigenvalue weighted by Gasteiger charge is 2.24. The summed E-state index contributed by atoms with van der Waals surface area (Å²) < 4.78 is 4.98. The van der Waals surface area contributed by atoms with Crippen molar-refractivity contribution >= 4 is 23.4 Å². The lowest BCUT2D eigenvalue weighted by Gasteiger charge is -2.27. The van der Waals surface area contributed by atoms with Crippen LogP contribution in [0.2, 0.25) is 5.02 Å². The van der Waals surface area contributed by atoms with Crippen LogP contribution in [0.15, 0.2) is 42.5 Å². The molecule has 25 heavy (non-hydrogen) atoms. The van der Waals surface area contributed by atoms with Crippen LogP contribution < -0.4 is 10.2 Å². The van der Waals surface area contributed by atoms with Crippen molar-refractivity contribution < 1.29 is 9.53 Å². The summed E-state index contributed by atoms with van der Waals surface area (Å²) in [7, 11) is 0. The molecule has 0 spiro atoms. The number of ether oxygens (including phenoxy) is 1. The average Bonchev–Trinajstić information content (AvgIpc) is 3.07. The van der Waals surface area contributed by atoms with Crippen LogP contribution >= 0.6 is 11.6 Å². The van der Waals surface area contributed by atoms with Crippen molar-refractivity contribution in [3.05, 3.63) is 64.2 Å². The second-order valence-electron chi connectivity index (χ2n) is 6.57. The van der Waals surface area contributed by atoms with Crippen LogP contribution in [0.4, 0.5) is 10.5 Å². The quantitative estimate of drug-likeness (QED) is 0.879. The summed E-state index contributed by atoms with van der Waals surface area (Å²) in [4.78, 5) is 13.3. The van der Waals surface area contributed by atoms with Gasteiger partial charge in [0.25, 0.3) is 0 Å². The minimum absolute atomic E-state index is 0.262. The number of cyclic esters (lactones) is 1. The SMILES string of the molecule is O=C1OCCN1c1ccc(CNC2CCCc3c(Cl)cccc32)cc1. The van der Waals surface area contributed by atoms with Crippen LogP contribution in [-0.4, -0.2) is 19.2 Å². The molecule has 1 unspecified atom stereocenters. The van der Waals surface area contributed by atoms with Gasteiger partial charge in [-0.3, -0.25) is 4.90 Å². The van der Waals surface area contributed by atoms with E-state index in [-0.39, 0.29) is 6.09 Å². The molecule has 4 rings (SSSR count). The highest BCUT2D eigenvalue weighted by molar-refractivity contribution is 6.31. The minimum Gasteiger partial charge on any atom is -0.447 e. The molecule has 1 N–H and O–H groups in total. The second-order valence-corrected chi connectivity index (χ2v) is 6.97. The molecule has 1 atom stereocenters. The first-order valence-electron chi connectivity index (χ1n) is 8.76. The normalized spacial score (nSPS) is 19.6. The first-order chi connectivity index (χ1) is 12.2. The number of carbonyl (C=O) groups is 1. The molecule has 1 fully saturated rings. The molecule has 0 radical (unpaired) electrons. The van der Waals surface area contributed by atoms with Crippen molar-refractivity contribution in [2.45, 2.75) is 31.8 Å². The van der Waals surface area contributed by atoms with E-state index in [0.717, 1.165) is 36.5 Å². The van der Waals surface area contributed by atoms with Crippen molar-refractivity contribution in [3.63, 3.8) is 0 Å². The molecule has 1 saturated heterocycles. The summed E-state index contributed by atoms with van der Waals surface area (Å²) in [6.45, 7) is 1.88. The van der Waals surface area contributed by atoms with Gasteiger partial charge in [0.05, 0.1) is 6.54 Å². The smallest absolute Gasteiger partial charge is 0.414 e. The molecule has 2 aromatic carbocycles. The molecule has 0 bridgehead atoms. The monoisotopic (exact) mass is 356 g/mol. The van der Waals surface area contributed by atoms with Crippen molar-refractivity contribution in [1.82, 2.24) is 5.32 Å². The lowest BCUT2D eigenvalue weighted by atomic mass is 9.87. The summed E-state index contributed by atoms with van der Waals surface area (Å²) in [6, 6.07) is 14.6. The lowest BCUT2D eigenvalue weighted by molar-refractivity contribution is 0.181. The number of hydrogen-bond donors (Lipinski definition) is 1. The number of amides is 1. The van der Waals surface area contributed by atoms with E-state index in [1.54, 1.807) is 4.90 Å². The third kappa shape index (κ3) is 3.37. The Hall–Kier alpha value is -2.04. The molecule has 1 amide bonds. The van der Waals surface area contributed by atoms with Gasteiger partial charge >= 0.3 is 6.09 Å². The zero-order chi connectivity index (χ0) is 17.2. The summed E-state index contributed by atoms with van der Waals surface area (Å²) in [6.07, 6.45) is 3.09. The third-order valence-electron chi connectivity index (χ3n) is 5.01. The van der Waals surface area contributed by atoms with Crippen molar-refractivity contribution in [2.24, 2.45) is 0 Å². The van der Waals surface area contributed by atoms with Gasteiger partial charge in [0.2, 0.25) is 0 Å². The number of rotatable bonds is 4. The Labute approximate surface area is 152 Å². The number of anilines is 1. The van der Waals surface area contributed by atoms with Gasteiger partial charge in [-0.2, -0.15) is 0 Å². The van der Waals surface area contributed by atoms with Gasteiger partial charge < -0.3 is 10.1 Å². The zero-order valence-electron chi connectivity index (χ0n) is 14.0. The van der Waals surface area contributed by atoms with E-state index < -0.39 is 0 Å². The van der Waals surface area contributed by atoms with Gasteiger partial charge in [-0.15, -0.1) is 0 Å². The summed E-state index contributed by atoms with van der Waals surface area (Å²) in [5.41, 5.74) is 4.71. The molecule has 4 nitrogen and oxygen atoms in total. The summed E-state index contributed by atoms with van der Waals surface area (Å²) >= 11 is 6.35. The topological polar surface area (TPSA) is 41.6 Å². The highest BCUT2D eigenvalue weighted by Crippen LogP contribution is 2.34. The van der Waals surface area contributed by atoms with Crippen LogP contribution in [-0.2, 0) is 17.7 Å². The van der Waals surface area contributed by atoms with E-state index in [0.29, 0.717) is 19.2 Å². The fourth-order valence-electron chi connectivity index (χ4n) is 3.68. The Morgan fingerprint density at radius 1 is 1.20 bits per heavy atom. The van der Waals surface area contributed by atoms with E-state index in [1.807, 2.05) is 24.3 Å². The first kappa shape index (κ1) is 16.4. The highest BCUT2D eigenvalue weighted by atomic mass is 35.5. The van der Waals surface area contributed by atoms with Crippen LogP contribution in [0.5, 0.6) is 0 Å². The van der Waals surface area contributed by atoms with Crippen molar-refractivity contribution in [1.29, 1.82) is 0 Å². The van der Waals surface area contributed by atoms with E-state index in [1.165, 1.54) is 16.7 Å². The van der Waals surface area contributed by atoms with Crippen LogP contribution in [0, 0.1) is 0 Å². The zero-order valence-corrected chi connectivity index (χ0v) is 14.8. The molecular weight excluding hydrogens is 336 g/mol. The molecule has 130 valence electrons. The molecule has 0 saturated carbocycles. The predicted molar refractivity (Wildman–Crippen MR) is 99.1 cm³/mol. The van der Waals surface area contributed by atoms with E-state index in [2.05, 4.69) is 23.5 Å². The number of carbonyl (C=O) groups excluding carboxylic acids is 1. The first-order valence-corrected chi connectivity index (χ1v) is 9.14. The summed E-state index contributed by atoms with van der Waals surface area (Å²) in [5, 5.41) is 4.54. The predicted octanol–water partition coefficient (Wildman–Crippen LogP) is 4.46. The third-order valence-corrected chi connectivity index (χ3v) is 5.37. The Balaban J connectivity index is 1.42. The summed E-state index contributed by atoms with van der Waals surface area (Å²) in [5.74, 6) is 0. The van der Waals surface area contributed by atoms with Gasteiger partial charge in [-0.25, -0.2) is 4.79 Å². The van der Waals surface area contributed by atoms with Crippen LogP contribution in [0.25, 0.3) is 0 Å². The second kappa shape index (κ2) is 7.06. The van der Waals surface area contributed by atoms with E-state index >= 15 is 0 Å². The Bertz CT molecular complexity index is 776. The van der Waals surface area contributed by atoms with Crippen LogP contribution in [0.1, 0.15) is 35.6 Å². The molecule has 2 aliphatic rings. The molecule has 1 heterocycles. The van der Waals surface area contributed by atoms with Gasteiger partial charge in [-0.05, 0) is 54.2 Å². The Morgan fingerprint density at radius 2 is 2.04 bits per heavy atom. The fraction of sp³-hybridized carbons (Fsp3) is 0.350. The number of fused-ring (bicyclic) bond motifs is 1. The number of nitrogens with one attached hydrogen (secondary N) is 1. The Kier molecular flexibility index (Phi) is 4.64. The fourth-order valence-corrected chi connectivity index (χ4v) is 3.96. The van der Waals surface area contributed by atoms with Crippen LogP contribution in [0.3, 0.4) is 0 Å². The van der Waals surface area contributed by atoms with Gasteiger partial charge in [0.1, 0.15) is 6.61 Å². The van der Waals surface area contributed by atoms with Crippen molar-refractivity contribution in [2.75, 3.05) is 18.1 Å². The van der Waals surface area contributed by atoms with E-state index in [4.69, 9.17) is 16.3 Å². The van der Waals surface area contributed by atoms with E-state index in [9.17, 15) is 4.79 Å². The maximum atomic E-state index is 11.6.